The number of nitrogens with two attached hydrogens (primary N) is 1. The number of aromatic amines is 1. The molecular weight excluding hydrogens is 440 g/mol. The third kappa shape index (κ3) is 4.54. The van der Waals surface area contributed by atoms with E-state index in [-0.39, 0.29) is 39.1 Å². The quantitative estimate of drug-likeness (QED) is 0.370. The van der Waals surface area contributed by atoms with Crippen LogP contribution in [0.5, 0.6) is 5.75 Å². The third-order valence-corrected chi connectivity index (χ3v) is 5.44. The van der Waals surface area contributed by atoms with Crippen molar-refractivity contribution in [3.05, 3.63) is 46.5 Å². The molecule has 11 heteroatoms. The van der Waals surface area contributed by atoms with E-state index in [1.165, 1.54) is 33.1 Å². The van der Waals surface area contributed by atoms with Crippen molar-refractivity contribution in [2.75, 3.05) is 12.8 Å². The molecule has 31 heavy (non-hydrogen) atoms. The van der Waals surface area contributed by atoms with E-state index in [4.69, 9.17) is 22.1 Å². The fourth-order valence-electron chi connectivity index (χ4n) is 3.75. The van der Waals surface area contributed by atoms with Crippen molar-refractivity contribution >= 4 is 28.6 Å². The van der Waals surface area contributed by atoms with E-state index in [0.29, 0.717) is 0 Å². The first-order valence-corrected chi connectivity index (χ1v) is 9.57. The molecule has 3 aromatic rings. The van der Waals surface area contributed by atoms with Crippen molar-refractivity contribution in [3.8, 4) is 5.75 Å². The summed E-state index contributed by atoms with van der Waals surface area (Å²) in [5.74, 6) is -0.545. The number of nitrogens with zero attached hydrogens (tertiary/aromatic N) is 2. The first-order valence-electron chi connectivity index (χ1n) is 9.19. The minimum Gasteiger partial charge on any atom is -0.496 e. The van der Waals surface area contributed by atoms with Crippen LogP contribution in [-0.2, 0) is 11.8 Å². The smallest absolute Gasteiger partial charge is 0.417 e. The number of hydrogen-bond acceptors (Lipinski definition) is 5. The van der Waals surface area contributed by atoms with Crippen LogP contribution in [0.1, 0.15) is 31.5 Å². The highest BCUT2D eigenvalue weighted by Gasteiger charge is 2.56. The van der Waals surface area contributed by atoms with Crippen LogP contribution < -0.4 is 10.5 Å². The van der Waals surface area contributed by atoms with Gasteiger partial charge in [0.1, 0.15) is 22.4 Å². The van der Waals surface area contributed by atoms with Crippen LogP contribution in [0.25, 0.3) is 11.0 Å². The van der Waals surface area contributed by atoms with Gasteiger partial charge in [-0.25, -0.2) is 9.37 Å². The summed E-state index contributed by atoms with van der Waals surface area (Å²) in [6.45, 7) is 2.96. The van der Waals surface area contributed by atoms with Crippen LogP contribution in [0.4, 0.5) is 23.5 Å². The third-order valence-electron chi connectivity index (χ3n) is 5.15. The van der Waals surface area contributed by atoms with Crippen molar-refractivity contribution in [1.82, 2.24) is 15.0 Å². The predicted octanol–water partition coefficient (Wildman–Crippen LogP) is 4.55. The fraction of sp³-hybridized carbons (Fsp3) is 0.400. The second-order valence-electron chi connectivity index (χ2n) is 8.04. The number of nitrogens with one attached hydrogen (secondary N) is 1. The molecule has 2 aromatic heterocycles. The summed E-state index contributed by atoms with van der Waals surface area (Å²) in [6.07, 6.45) is -6.57. The maximum atomic E-state index is 14.1. The largest absolute Gasteiger partial charge is 0.496 e. The lowest BCUT2D eigenvalue weighted by atomic mass is 9.73. The molecule has 168 valence electrons. The van der Waals surface area contributed by atoms with Crippen molar-refractivity contribution < 1.29 is 27.4 Å². The molecule has 0 aliphatic rings. The van der Waals surface area contributed by atoms with E-state index in [1.54, 1.807) is 0 Å². The van der Waals surface area contributed by atoms with Crippen LogP contribution in [0.3, 0.4) is 0 Å². The summed E-state index contributed by atoms with van der Waals surface area (Å²) < 4.78 is 61.2. The van der Waals surface area contributed by atoms with Crippen LogP contribution >= 0.6 is 11.6 Å². The Morgan fingerprint density at radius 2 is 1.87 bits per heavy atom. The van der Waals surface area contributed by atoms with Crippen molar-refractivity contribution in [2.45, 2.75) is 43.9 Å². The molecule has 6 nitrogen and oxygen atoms in total. The molecule has 4 N–H and O–H groups in total. The van der Waals surface area contributed by atoms with Crippen molar-refractivity contribution in [3.63, 3.8) is 0 Å². The predicted molar refractivity (Wildman–Crippen MR) is 109 cm³/mol. The topological polar surface area (TPSA) is 97.1 Å². The molecular formula is C20H21ClF4N4O2. The van der Waals surface area contributed by atoms with Gasteiger partial charge in [0.2, 0.25) is 5.95 Å². The summed E-state index contributed by atoms with van der Waals surface area (Å²) in [4.78, 5) is 10.4. The highest BCUT2D eigenvalue weighted by Crippen LogP contribution is 2.45. The molecule has 0 aliphatic heterocycles. The Bertz CT molecular complexity index is 1120. The number of benzene rings is 1. The lowest BCUT2D eigenvalue weighted by Crippen LogP contribution is -2.51. The molecule has 3 rings (SSSR count). The highest BCUT2D eigenvalue weighted by atomic mass is 35.5. The van der Waals surface area contributed by atoms with E-state index in [1.807, 2.05) is 0 Å². The lowest BCUT2D eigenvalue weighted by molar-refractivity contribution is -0.266. The summed E-state index contributed by atoms with van der Waals surface area (Å²) in [6, 6.07) is 4.93. The summed E-state index contributed by atoms with van der Waals surface area (Å²) in [7, 11) is 1.34. The Morgan fingerprint density at radius 1 is 1.19 bits per heavy atom. The monoisotopic (exact) mass is 460 g/mol. The number of ether oxygens (including phenoxy) is 1. The second kappa shape index (κ2) is 7.83. The van der Waals surface area contributed by atoms with Gasteiger partial charge in [0.15, 0.2) is 5.60 Å². The number of H-pyrrole nitrogens is 1. The highest BCUT2D eigenvalue weighted by molar-refractivity contribution is 6.34. The fourth-order valence-corrected chi connectivity index (χ4v) is 3.98. The first-order chi connectivity index (χ1) is 14.3. The van der Waals surface area contributed by atoms with E-state index >= 15 is 0 Å². The van der Waals surface area contributed by atoms with Gasteiger partial charge in [-0.05, 0) is 36.1 Å². The van der Waals surface area contributed by atoms with Gasteiger partial charge in [-0.2, -0.15) is 18.2 Å². The van der Waals surface area contributed by atoms with Crippen molar-refractivity contribution in [1.29, 1.82) is 0 Å². The van der Waals surface area contributed by atoms with Gasteiger partial charge in [0.05, 0.1) is 12.5 Å². The molecule has 0 bridgehead atoms. The number of anilines is 1. The minimum atomic E-state index is -4.99. The molecule has 0 amide bonds. The zero-order chi connectivity index (χ0) is 23.2. The van der Waals surface area contributed by atoms with E-state index in [2.05, 4.69) is 15.0 Å². The maximum Gasteiger partial charge on any atom is 0.417 e. The number of aromatic nitrogens is 3. The van der Waals surface area contributed by atoms with Crippen LogP contribution in [0.2, 0.25) is 5.15 Å². The lowest BCUT2D eigenvalue weighted by Gasteiger charge is -2.38. The number of nitrogen functional groups attached to an aromatic ring is 1. The Balaban J connectivity index is 2.02. The number of rotatable bonds is 6. The zero-order valence-electron chi connectivity index (χ0n) is 16.9. The molecule has 0 saturated carbocycles. The van der Waals surface area contributed by atoms with Gasteiger partial charge < -0.3 is 20.6 Å². The molecule has 1 atom stereocenters. The number of aliphatic hydroxyl groups is 1. The van der Waals surface area contributed by atoms with Crippen LogP contribution in [0.15, 0.2) is 24.3 Å². The zero-order valence-corrected chi connectivity index (χ0v) is 17.7. The van der Waals surface area contributed by atoms with Gasteiger partial charge in [0.25, 0.3) is 0 Å². The SMILES string of the molecule is COc1ccc(F)cc1C(C)(C)CC(O)(Cc1cc2c(Cl)nc(N)nc2[nH]1)C(F)(F)F. The van der Waals surface area contributed by atoms with Gasteiger partial charge >= 0.3 is 6.18 Å². The van der Waals surface area contributed by atoms with Gasteiger partial charge in [-0.3, -0.25) is 0 Å². The van der Waals surface area contributed by atoms with Crippen LogP contribution in [0, 0.1) is 5.82 Å². The van der Waals surface area contributed by atoms with E-state index < -0.39 is 35.9 Å². The Hall–Kier alpha value is -2.59. The molecule has 0 saturated heterocycles. The maximum absolute atomic E-state index is 14.1. The number of halogens is 5. The summed E-state index contributed by atoms with van der Waals surface area (Å²) in [5.41, 5.74) is 1.47. The molecule has 0 fully saturated rings. The average molecular weight is 461 g/mol. The van der Waals surface area contributed by atoms with Crippen molar-refractivity contribution in [2.24, 2.45) is 0 Å². The molecule has 2 heterocycles. The number of alkyl halides is 3. The number of fused-ring (bicyclic) bond motifs is 1. The molecule has 1 unspecified atom stereocenters. The summed E-state index contributed by atoms with van der Waals surface area (Å²) in [5, 5.41) is 11.1. The second-order valence-corrected chi connectivity index (χ2v) is 8.40. The van der Waals surface area contributed by atoms with E-state index in [9.17, 15) is 22.7 Å². The Morgan fingerprint density at radius 3 is 2.48 bits per heavy atom. The normalized spacial score (nSPS) is 14.6. The van der Waals surface area contributed by atoms with Gasteiger partial charge in [-0.15, -0.1) is 0 Å². The summed E-state index contributed by atoms with van der Waals surface area (Å²) >= 11 is 5.99. The van der Waals surface area contributed by atoms with E-state index in [0.717, 1.165) is 12.1 Å². The number of hydrogen-bond donors (Lipinski definition) is 3. The minimum absolute atomic E-state index is 0.0228. The van der Waals surface area contributed by atoms with Gasteiger partial charge in [0, 0.05) is 17.7 Å². The standard InChI is InChI=1S/C20H21ClF4N4O2/c1-18(2,13-6-10(22)4-5-14(13)31-3)9-19(30,20(23,24)25)8-11-7-12-15(21)28-17(26)29-16(12)27-11/h4-7,30H,8-9H2,1-3H3,(H3,26,27,28,29). The average Bonchev–Trinajstić information content (AvgIpc) is 3.02. The Kier molecular flexibility index (Phi) is 5.83. The van der Waals surface area contributed by atoms with Crippen LogP contribution in [-0.4, -0.2) is 38.9 Å². The molecule has 1 aromatic carbocycles. The first kappa shape index (κ1) is 23.1. The molecule has 0 spiro atoms. The van der Waals surface area contributed by atoms with Gasteiger partial charge in [-0.1, -0.05) is 25.4 Å². The number of methoxy groups -OCH3 is 1. The molecule has 0 radical (unpaired) electrons. The molecule has 0 aliphatic carbocycles. The Labute approximate surface area is 180 Å².